The summed E-state index contributed by atoms with van der Waals surface area (Å²) in [7, 11) is 0. The zero-order valence-electron chi connectivity index (χ0n) is 13.0. The Labute approximate surface area is 146 Å². The molecule has 0 radical (unpaired) electrons. The van der Waals surface area contributed by atoms with Crippen molar-refractivity contribution in [1.82, 2.24) is 9.66 Å². The summed E-state index contributed by atoms with van der Waals surface area (Å²) in [6.07, 6.45) is 1.23. The molecule has 0 aliphatic carbocycles. The molecule has 126 valence electrons. The number of aromatic nitrogens is 2. The molecule has 0 spiro atoms. The Bertz CT molecular complexity index is 1110. The third-order valence-electron chi connectivity index (χ3n) is 3.32. The van der Waals surface area contributed by atoms with Gasteiger partial charge in [-0.2, -0.15) is 5.10 Å². The van der Waals surface area contributed by atoms with Crippen LogP contribution in [0.3, 0.4) is 0 Å². The number of hydrogen-bond acceptors (Lipinski definition) is 5. The Balaban J connectivity index is 2.10. The van der Waals surface area contributed by atoms with Gasteiger partial charge in [-0.3, -0.25) is 9.59 Å². The van der Waals surface area contributed by atoms with E-state index in [1.54, 1.807) is 30.3 Å². The lowest BCUT2D eigenvalue weighted by Gasteiger charge is -2.06. The van der Waals surface area contributed by atoms with E-state index in [0.717, 1.165) is 0 Å². The van der Waals surface area contributed by atoms with Gasteiger partial charge in [0.1, 0.15) is 5.75 Å². The smallest absolute Gasteiger partial charge is 0.349 e. The molecule has 0 aliphatic rings. The Morgan fingerprint density at radius 3 is 2.76 bits per heavy atom. The molecular weight excluding hydrogens is 346 g/mol. The largest absolute Gasteiger partial charge is 0.426 e. The fourth-order valence-electron chi connectivity index (χ4n) is 2.25. The van der Waals surface area contributed by atoms with Crippen molar-refractivity contribution in [3.8, 4) is 5.75 Å². The average molecular weight is 358 g/mol. The summed E-state index contributed by atoms with van der Waals surface area (Å²) in [6.45, 7) is 1.26. The minimum Gasteiger partial charge on any atom is -0.426 e. The van der Waals surface area contributed by atoms with E-state index in [1.165, 1.54) is 25.3 Å². The van der Waals surface area contributed by atoms with Crippen LogP contribution in [-0.2, 0) is 4.79 Å². The van der Waals surface area contributed by atoms with Crippen LogP contribution in [0.15, 0.2) is 57.2 Å². The molecule has 1 aromatic heterocycles. The Kier molecular flexibility index (Phi) is 4.49. The number of hydrogen-bond donors (Lipinski definition) is 1. The van der Waals surface area contributed by atoms with Crippen molar-refractivity contribution in [2.45, 2.75) is 6.92 Å². The second-order valence-corrected chi connectivity index (χ2v) is 5.55. The van der Waals surface area contributed by atoms with Crippen molar-refractivity contribution < 1.29 is 9.53 Å². The second-order valence-electron chi connectivity index (χ2n) is 5.11. The molecule has 0 saturated carbocycles. The number of carbonyl (C=O) groups is 1. The van der Waals surface area contributed by atoms with Gasteiger partial charge < -0.3 is 9.72 Å². The summed E-state index contributed by atoms with van der Waals surface area (Å²) in [6, 6.07) is 11.2. The summed E-state index contributed by atoms with van der Waals surface area (Å²) >= 11 is 5.94. The van der Waals surface area contributed by atoms with Crippen LogP contribution >= 0.6 is 11.6 Å². The van der Waals surface area contributed by atoms with E-state index in [4.69, 9.17) is 16.3 Å². The van der Waals surface area contributed by atoms with Crippen molar-refractivity contribution in [1.29, 1.82) is 0 Å². The zero-order chi connectivity index (χ0) is 18.0. The fourth-order valence-corrected chi connectivity index (χ4v) is 2.43. The minimum atomic E-state index is -0.684. The number of esters is 1. The molecule has 25 heavy (non-hydrogen) atoms. The molecule has 3 rings (SSSR count). The topological polar surface area (TPSA) is 93.5 Å². The van der Waals surface area contributed by atoms with Crippen molar-refractivity contribution in [3.05, 3.63) is 73.9 Å². The SMILES string of the molecule is CC(=O)Oc1ccc(Cl)cc1C=Nn1c(=O)[nH]c2ccccc2c1=O. The van der Waals surface area contributed by atoms with E-state index in [-0.39, 0.29) is 5.75 Å². The van der Waals surface area contributed by atoms with Gasteiger partial charge >= 0.3 is 11.7 Å². The normalized spacial score (nSPS) is 11.1. The first-order valence-electron chi connectivity index (χ1n) is 7.22. The highest BCUT2D eigenvalue weighted by Crippen LogP contribution is 2.21. The van der Waals surface area contributed by atoms with Crippen LogP contribution in [0.5, 0.6) is 5.75 Å². The maximum Gasteiger partial charge on any atom is 0.349 e. The Morgan fingerprint density at radius 2 is 2.00 bits per heavy atom. The lowest BCUT2D eigenvalue weighted by atomic mass is 10.2. The number of halogens is 1. The standard InChI is InChI=1S/C17H12ClN3O4/c1-10(22)25-15-7-6-12(18)8-11(15)9-19-21-16(23)13-4-2-3-5-14(13)20-17(21)24/h2-9H,1H3,(H,20,24). The van der Waals surface area contributed by atoms with Crippen molar-refractivity contribution in [2.75, 3.05) is 0 Å². The van der Waals surface area contributed by atoms with Gasteiger partial charge in [0, 0.05) is 17.5 Å². The number of H-pyrrole nitrogens is 1. The van der Waals surface area contributed by atoms with E-state index < -0.39 is 17.2 Å². The van der Waals surface area contributed by atoms with Gasteiger partial charge in [0.25, 0.3) is 5.56 Å². The van der Waals surface area contributed by atoms with Gasteiger partial charge in [0.15, 0.2) is 0 Å². The minimum absolute atomic E-state index is 0.214. The summed E-state index contributed by atoms with van der Waals surface area (Å²) in [5.74, 6) is -0.302. The molecule has 1 heterocycles. The van der Waals surface area contributed by atoms with Crippen LogP contribution in [0.2, 0.25) is 5.02 Å². The number of ether oxygens (including phenoxy) is 1. The highest BCUT2D eigenvalue weighted by Gasteiger charge is 2.08. The quantitative estimate of drug-likeness (QED) is 0.441. The second kappa shape index (κ2) is 6.74. The molecule has 1 N–H and O–H groups in total. The molecule has 3 aromatic rings. The average Bonchev–Trinajstić information content (AvgIpc) is 2.56. The fraction of sp³-hybridized carbons (Fsp3) is 0.0588. The van der Waals surface area contributed by atoms with Crippen molar-refractivity contribution in [2.24, 2.45) is 5.10 Å². The third-order valence-corrected chi connectivity index (χ3v) is 3.56. The highest BCUT2D eigenvalue weighted by molar-refractivity contribution is 6.30. The first-order chi connectivity index (χ1) is 12.0. The van der Waals surface area contributed by atoms with E-state index in [2.05, 4.69) is 10.1 Å². The molecular formula is C17H12ClN3O4. The monoisotopic (exact) mass is 357 g/mol. The van der Waals surface area contributed by atoms with Crippen LogP contribution in [0.4, 0.5) is 0 Å². The van der Waals surface area contributed by atoms with Crippen LogP contribution in [0, 0.1) is 0 Å². The molecule has 0 aliphatic heterocycles. The van der Waals surface area contributed by atoms with Gasteiger partial charge in [-0.15, -0.1) is 4.68 Å². The third kappa shape index (κ3) is 3.51. The predicted octanol–water partition coefficient (Wildman–Crippen LogP) is 2.15. The summed E-state index contributed by atoms with van der Waals surface area (Å²) < 4.78 is 5.75. The maximum absolute atomic E-state index is 12.4. The maximum atomic E-state index is 12.4. The molecule has 0 amide bonds. The molecule has 0 saturated heterocycles. The first-order valence-corrected chi connectivity index (χ1v) is 7.60. The van der Waals surface area contributed by atoms with E-state index in [9.17, 15) is 14.4 Å². The number of fused-ring (bicyclic) bond motifs is 1. The summed E-state index contributed by atoms with van der Waals surface area (Å²) in [4.78, 5) is 38.3. The van der Waals surface area contributed by atoms with Crippen molar-refractivity contribution >= 4 is 34.7 Å². The van der Waals surface area contributed by atoms with Gasteiger partial charge in [0.2, 0.25) is 0 Å². The van der Waals surface area contributed by atoms with Crippen molar-refractivity contribution in [3.63, 3.8) is 0 Å². The number of para-hydroxylation sites is 1. The van der Waals surface area contributed by atoms with Gasteiger partial charge in [-0.1, -0.05) is 23.7 Å². The van der Waals surface area contributed by atoms with E-state index in [1.807, 2.05) is 0 Å². The molecule has 0 atom stereocenters. The molecule has 0 unspecified atom stereocenters. The number of nitrogens with one attached hydrogen (secondary N) is 1. The van der Waals surface area contributed by atoms with E-state index in [0.29, 0.717) is 26.2 Å². The van der Waals surface area contributed by atoms with Crippen LogP contribution in [-0.4, -0.2) is 21.8 Å². The number of carbonyl (C=O) groups excluding carboxylic acids is 1. The molecule has 0 bridgehead atoms. The molecule has 2 aromatic carbocycles. The zero-order valence-corrected chi connectivity index (χ0v) is 13.8. The Hall–Kier alpha value is -3.19. The molecule has 0 fully saturated rings. The van der Waals surface area contributed by atoms with E-state index >= 15 is 0 Å². The van der Waals surface area contributed by atoms with Crippen LogP contribution in [0.1, 0.15) is 12.5 Å². The number of nitrogens with zero attached hydrogens (tertiary/aromatic N) is 2. The number of rotatable bonds is 3. The first kappa shape index (κ1) is 16.7. The lowest BCUT2D eigenvalue weighted by Crippen LogP contribution is -2.32. The van der Waals surface area contributed by atoms with Gasteiger partial charge in [0.05, 0.1) is 17.1 Å². The molecule has 8 heteroatoms. The number of benzene rings is 2. The molecule has 7 nitrogen and oxygen atoms in total. The summed E-state index contributed by atoms with van der Waals surface area (Å²) in [5, 5.41) is 4.63. The number of aromatic amines is 1. The lowest BCUT2D eigenvalue weighted by molar-refractivity contribution is -0.131. The highest BCUT2D eigenvalue weighted by atomic mass is 35.5. The van der Waals surface area contributed by atoms with Crippen LogP contribution in [0.25, 0.3) is 10.9 Å². The van der Waals surface area contributed by atoms with Gasteiger partial charge in [-0.05, 0) is 30.3 Å². The summed E-state index contributed by atoms with van der Waals surface area (Å²) in [5.41, 5.74) is -0.475. The van der Waals surface area contributed by atoms with Gasteiger partial charge in [-0.25, -0.2) is 4.79 Å². The Morgan fingerprint density at radius 1 is 1.24 bits per heavy atom. The van der Waals surface area contributed by atoms with Crippen LogP contribution < -0.4 is 16.0 Å². The predicted molar refractivity (Wildman–Crippen MR) is 94.6 cm³/mol.